The van der Waals surface area contributed by atoms with E-state index >= 15 is 0 Å². The van der Waals surface area contributed by atoms with Crippen LogP contribution in [-0.2, 0) is 14.3 Å². The second-order valence-electron chi connectivity index (χ2n) is 19.6. The first-order chi connectivity index (χ1) is 32.0. The third kappa shape index (κ3) is 51.3. The Hall–Kier alpha value is -1.92. The van der Waals surface area contributed by atoms with Gasteiger partial charge in [0.05, 0.1) is 25.4 Å². The average molecular weight is 915 g/mol. The van der Waals surface area contributed by atoms with E-state index < -0.39 is 12.1 Å². The number of aliphatic hydroxyl groups excluding tert-OH is 2. The minimum atomic E-state index is -0.844. The van der Waals surface area contributed by atoms with Crippen LogP contribution < -0.4 is 5.32 Å². The molecule has 0 aromatic carbocycles. The summed E-state index contributed by atoms with van der Waals surface area (Å²) >= 11 is 0. The van der Waals surface area contributed by atoms with Crippen LogP contribution in [0.25, 0.3) is 0 Å². The summed E-state index contributed by atoms with van der Waals surface area (Å²) in [6, 6.07) is -0.628. The Balaban J connectivity index is 3.40. The molecule has 0 aromatic heterocycles. The topological polar surface area (TPSA) is 95.9 Å². The minimum Gasteiger partial charge on any atom is -0.466 e. The first-order valence-electron chi connectivity index (χ1n) is 28.8. The molecule has 0 radical (unpaired) electrons. The molecule has 0 rings (SSSR count). The van der Waals surface area contributed by atoms with Gasteiger partial charge in [-0.2, -0.15) is 0 Å². The maximum Gasteiger partial charge on any atom is 0.305 e. The van der Waals surface area contributed by atoms with Crippen molar-refractivity contribution in [2.75, 3.05) is 13.2 Å². The molecule has 0 bridgehead atoms. The zero-order chi connectivity index (χ0) is 47.2. The van der Waals surface area contributed by atoms with E-state index in [-0.39, 0.29) is 18.5 Å². The Labute approximate surface area is 404 Å². The molecule has 0 aliphatic carbocycles. The summed E-state index contributed by atoms with van der Waals surface area (Å²) in [5, 5.41) is 23.0. The summed E-state index contributed by atoms with van der Waals surface area (Å²) < 4.78 is 5.47. The smallest absolute Gasteiger partial charge is 0.305 e. The van der Waals surface area contributed by atoms with Crippen molar-refractivity contribution in [3.63, 3.8) is 0 Å². The van der Waals surface area contributed by atoms with E-state index in [4.69, 9.17) is 4.74 Å². The summed E-state index contributed by atoms with van der Waals surface area (Å²) in [6.07, 6.45) is 67.4. The van der Waals surface area contributed by atoms with Crippen molar-refractivity contribution >= 4 is 11.9 Å². The van der Waals surface area contributed by atoms with Crippen LogP contribution in [-0.4, -0.2) is 47.4 Å². The highest BCUT2D eigenvalue weighted by Gasteiger charge is 2.18. The lowest BCUT2D eigenvalue weighted by Crippen LogP contribution is -2.45. The molecule has 6 heteroatoms. The minimum absolute atomic E-state index is 0.00297. The van der Waals surface area contributed by atoms with Crippen molar-refractivity contribution in [1.29, 1.82) is 0 Å². The quantitative estimate of drug-likeness (QED) is 0.0321. The standard InChI is InChI=1S/C59H111NO5/c1-3-5-7-9-11-13-15-17-25-29-33-37-41-45-49-53-59(64)65-54-50-46-42-38-34-30-27-24-22-20-18-19-21-23-26-28-32-36-40-44-48-52-58(63)60-56(55-61)57(62)51-47-43-39-35-31-16-14-12-10-8-6-4-2/h11,13,17,25,47,51,56-57,61-62H,3-10,12,14-16,18-24,26-46,48-50,52-55H2,1-2H3,(H,60,63)/b13-11-,25-17-,51-47+. The van der Waals surface area contributed by atoms with Crippen molar-refractivity contribution < 1.29 is 24.5 Å². The molecule has 65 heavy (non-hydrogen) atoms. The normalized spacial score (nSPS) is 12.9. The van der Waals surface area contributed by atoms with Crippen LogP contribution in [0.1, 0.15) is 303 Å². The predicted molar refractivity (Wildman–Crippen MR) is 283 cm³/mol. The zero-order valence-electron chi connectivity index (χ0n) is 43.5. The van der Waals surface area contributed by atoms with Gasteiger partial charge in [0.1, 0.15) is 0 Å². The Morgan fingerprint density at radius 1 is 0.431 bits per heavy atom. The van der Waals surface area contributed by atoms with Gasteiger partial charge in [-0.1, -0.05) is 262 Å². The van der Waals surface area contributed by atoms with Crippen molar-refractivity contribution in [1.82, 2.24) is 5.32 Å². The molecule has 0 fully saturated rings. The molecule has 0 saturated carbocycles. The third-order valence-electron chi connectivity index (χ3n) is 13.2. The molecule has 0 aliphatic rings. The predicted octanol–water partition coefficient (Wildman–Crippen LogP) is 17.6. The molecule has 382 valence electrons. The number of nitrogens with one attached hydrogen (secondary N) is 1. The van der Waals surface area contributed by atoms with Gasteiger partial charge in [-0.25, -0.2) is 0 Å². The van der Waals surface area contributed by atoms with Crippen LogP contribution in [0.15, 0.2) is 36.5 Å². The number of allylic oxidation sites excluding steroid dienone is 5. The van der Waals surface area contributed by atoms with Crippen molar-refractivity contribution in [2.24, 2.45) is 0 Å². The molecule has 0 saturated heterocycles. The zero-order valence-corrected chi connectivity index (χ0v) is 43.5. The molecule has 1 amide bonds. The molecule has 0 aliphatic heterocycles. The molecular formula is C59H111NO5. The number of hydrogen-bond donors (Lipinski definition) is 3. The maximum atomic E-state index is 12.4. The van der Waals surface area contributed by atoms with E-state index in [9.17, 15) is 19.8 Å². The van der Waals surface area contributed by atoms with E-state index in [1.54, 1.807) is 6.08 Å². The van der Waals surface area contributed by atoms with Crippen molar-refractivity contribution in [2.45, 2.75) is 315 Å². The second kappa shape index (κ2) is 54.7. The lowest BCUT2D eigenvalue weighted by atomic mass is 10.0. The Morgan fingerprint density at radius 2 is 0.769 bits per heavy atom. The van der Waals surface area contributed by atoms with E-state index in [1.807, 2.05) is 6.08 Å². The molecule has 2 atom stereocenters. The van der Waals surface area contributed by atoms with Gasteiger partial charge in [-0.15, -0.1) is 0 Å². The molecule has 3 N–H and O–H groups in total. The maximum absolute atomic E-state index is 12.4. The Kier molecular flexibility index (Phi) is 53.1. The second-order valence-corrected chi connectivity index (χ2v) is 19.6. The van der Waals surface area contributed by atoms with E-state index in [2.05, 4.69) is 43.5 Å². The molecule has 0 aromatic rings. The fraction of sp³-hybridized carbons (Fsp3) is 0.864. The Bertz CT molecular complexity index is 1060. The number of esters is 1. The van der Waals surface area contributed by atoms with Crippen LogP contribution in [0.4, 0.5) is 0 Å². The van der Waals surface area contributed by atoms with E-state index in [0.29, 0.717) is 19.4 Å². The lowest BCUT2D eigenvalue weighted by Gasteiger charge is -2.20. The van der Waals surface area contributed by atoms with Gasteiger partial charge in [0.2, 0.25) is 5.91 Å². The number of unbranched alkanes of at least 4 members (excludes halogenated alkanes) is 38. The van der Waals surface area contributed by atoms with Gasteiger partial charge in [-0.05, 0) is 64.2 Å². The molecule has 0 heterocycles. The number of carbonyl (C=O) groups is 2. The number of carbonyl (C=O) groups excluding carboxylic acids is 2. The highest BCUT2D eigenvalue weighted by atomic mass is 16.5. The average Bonchev–Trinajstić information content (AvgIpc) is 3.31. The van der Waals surface area contributed by atoms with Crippen LogP contribution >= 0.6 is 0 Å². The van der Waals surface area contributed by atoms with Gasteiger partial charge in [-0.3, -0.25) is 9.59 Å². The van der Waals surface area contributed by atoms with Crippen LogP contribution in [0.5, 0.6) is 0 Å². The number of ether oxygens (including phenoxy) is 1. The summed E-state index contributed by atoms with van der Waals surface area (Å²) in [6.45, 7) is 4.86. The number of amides is 1. The summed E-state index contributed by atoms with van der Waals surface area (Å²) in [5.74, 6) is -0.0728. The van der Waals surface area contributed by atoms with E-state index in [0.717, 1.165) is 51.4 Å². The highest BCUT2D eigenvalue weighted by molar-refractivity contribution is 5.76. The summed E-state index contributed by atoms with van der Waals surface area (Å²) in [7, 11) is 0. The first kappa shape index (κ1) is 63.1. The monoisotopic (exact) mass is 914 g/mol. The number of aliphatic hydroxyl groups is 2. The van der Waals surface area contributed by atoms with Crippen LogP contribution in [0.2, 0.25) is 0 Å². The Morgan fingerprint density at radius 3 is 1.20 bits per heavy atom. The van der Waals surface area contributed by atoms with Gasteiger partial charge in [0.25, 0.3) is 0 Å². The summed E-state index contributed by atoms with van der Waals surface area (Å²) in [5.41, 5.74) is 0. The molecule has 2 unspecified atom stereocenters. The fourth-order valence-electron chi connectivity index (χ4n) is 8.72. The van der Waals surface area contributed by atoms with E-state index in [1.165, 1.54) is 225 Å². The fourth-order valence-corrected chi connectivity index (χ4v) is 8.72. The SMILES string of the molecule is CCCCC/C=C\C/C=C\CCCCCCCC(=O)OCCCCCCCCCCCCCCCCCCCCCCCC(=O)NC(CO)C(O)/C=C/CCCCCCCCCCCC. The molecule has 0 spiro atoms. The van der Waals surface area contributed by atoms with Gasteiger partial charge in [0.15, 0.2) is 0 Å². The van der Waals surface area contributed by atoms with Gasteiger partial charge >= 0.3 is 5.97 Å². The van der Waals surface area contributed by atoms with Gasteiger partial charge in [0, 0.05) is 12.8 Å². The van der Waals surface area contributed by atoms with Crippen LogP contribution in [0.3, 0.4) is 0 Å². The first-order valence-corrected chi connectivity index (χ1v) is 28.8. The number of hydrogen-bond acceptors (Lipinski definition) is 5. The van der Waals surface area contributed by atoms with Crippen LogP contribution in [0, 0.1) is 0 Å². The lowest BCUT2D eigenvalue weighted by molar-refractivity contribution is -0.143. The number of rotatable bonds is 53. The van der Waals surface area contributed by atoms with Gasteiger partial charge < -0.3 is 20.3 Å². The summed E-state index contributed by atoms with van der Waals surface area (Å²) in [4.78, 5) is 24.5. The van der Waals surface area contributed by atoms with Crippen molar-refractivity contribution in [3.05, 3.63) is 36.5 Å². The molecule has 6 nitrogen and oxygen atoms in total. The third-order valence-corrected chi connectivity index (χ3v) is 13.2. The molecular weight excluding hydrogens is 803 g/mol. The van der Waals surface area contributed by atoms with Crippen molar-refractivity contribution in [3.8, 4) is 0 Å². The highest BCUT2D eigenvalue weighted by Crippen LogP contribution is 2.17. The largest absolute Gasteiger partial charge is 0.466 e.